The fourth-order valence-corrected chi connectivity index (χ4v) is 1.53. The third kappa shape index (κ3) is 2.68. The number of hydrogen-bond donors (Lipinski definition) is 0. The summed E-state index contributed by atoms with van der Waals surface area (Å²) in [6, 6.07) is 2.03. The Balaban J connectivity index is 2.96. The van der Waals surface area contributed by atoms with Crippen molar-refractivity contribution in [1.82, 2.24) is 0 Å². The molecule has 0 saturated carbocycles. The van der Waals surface area contributed by atoms with Gasteiger partial charge < -0.3 is 0 Å². The molecule has 0 radical (unpaired) electrons. The van der Waals surface area contributed by atoms with Crippen LogP contribution in [0.15, 0.2) is 12.1 Å². The highest BCUT2D eigenvalue weighted by Crippen LogP contribution is 2.24. The van der Waals surface area contributed by atoms with Crippen molar-refractivity contribution in [2.24, 2.45) is 5.92 Å². The van der Waals surface area contributed by atoms with E-state index in [0.29, 0.717) is 17.9 Å². The minimum absolute atomic E-state index is 0.183. The quantitative estimate of drug-likeness (QED) is 0.713. The van der Waals surface area contributed by atoms with Crippen LogP contribution in [0, 0.1) is 17.6 Å². The Labute approximate surface area is 87.9 Å². The van der Waals surface area contributed by atoms with Gasteiger partial charge in [-0.3, -0.25) is 0 Å². The van der Waals surface area contributed by atoms with Gasteiger partial charge in [-0.2, -0.15) is 0 Å². The lowest BCUT2D eigenvalue weighted by molar-refractivity contribution is 0.523. The van der Waals surface area contributed by atoms with Crippen molar-refractivity contribution in [2.45, 2.75) is 26.7 Å². The van der Waals surface area contributed by atoms with Crippen LogP contribution < -0.4 is 0 Å². The first kappa shape index (κ1) is 11.4. The summed E-state index contributed by atoms with van der Waals surface area (Å²) in [5.74, 6) is -0.817. The Morgan fingerprint density at radius 3 is 2.50 bits per heavy atom. The Morgan fingerprint density at radius 2 is 2.00 bits per heavy atom. The molecule has 1 aromatic carbocycles. The molecule has 78 valence electrons. The van der Waals surface area contributed by atoms with Gasteiger partial charge in [-0.05, 0) is 18.4 Å². The van der Waals surface area contributed by atoms with E-state index in [0.717, 1.165) is 18.6 Å². The summed E-state index contributed by atoms with van der Waals surface area (Å²) in [5.41, 5.74) is 0.419. The first-order chi connectivity index (χ1) is 6.54. The van der Waals surface area contributed by atoms with Crippen LogP contribution in [-0.4, -0.2) is 0 Å². The minimum Gasteiger partial charge on any atom is -0.207 e. The van der Waals surface area contributed by atoms with Crippen molar-refractivity contribution in [3.8, 4) is 0 Å². The largest absolute Gasteiger partial charge is 0.207 e. The summed E-state index contributed by atoms with van der Waals surface area (Å²) >= 11 is 5.76. The molecule has 0 spiro atoms. The number of benzene rings is 1. The molecule has 0 nitrogen and oxygen atoms in total. The van der Waals surface area contributed by atoms with E-state index in [4.69, 9.17) is 11.6 Å². The number of rotatable bonds is 3. The predicted octanol–water partition coefficient (Wildman–Crippen LogP) is 4.21. The molecule has 0 aromatic heterocycles. The molecule has 1 unspecified atom stereocenters. The lowest BCUT2D eigenvalue weighted by Crippen LogP contribution is -2.02. The topological polar surface area (TPSA) is 0 Å². The van der Waals surface area contributed by atoms with Crippen molar-refractivity contribution in [3.05, 3.63) is 34.4 Å². The van der Waals surface area contributed by atoms with Gasteiger partial charge in [0.2, 0.25) is 0 Å². The van der Waals surface area contributed by atoms with Crippen molar-refractivity contribution in [3.63, 3.8) is 0 Å². The zero-order chi connectivity index (χ0) is 10.7. The lowest BCUT2D eigenvalue weighted by Gasteiger charge is -2.10. The Kier molecular flexibility index (Phi) is 3.87. The van der Waals surface area contributed by atoms with Gasteiger partial charge in [-0.1, -0.05) is 31.9 Å². The maximum atomic E-state index is 13.3. The summed E-state index contributed by atoms with van der Waals surface area (Å²) in [6.07, 6.45) is 1.51. The monoisotopic (exact) mass is 218 g/mol. The smallest absolute Gasteiger partial charge is 0.130 e. The van der Waals surface area contributed by atoms with E-state index in [1.807, 2.05) is 13.8 Å². The summed E-state index contributed by atoms with van der Waals surface area (Å²) in [7, 11) is 0. The molecule has 0 heterocycles. The third-order valence-corrected chi connectivity index (χ3v) is 2.69. The van der Waals surface area contributed by atoms with E-state index in [2.05, 4.69) is 0 Å². The molecule has 0 aliphatic rings. The fourth-order valence-electron chi connectivity index (χ4n) is 1.26. The van der Waals surface area contributed by atoms with Crippen LogP contribution in [-0.2, 0) is 6.42 Å². The summed E-state index contributed by atoms with van der Waals surface area (Å²) < 4.78 is 26.0. The normalized spacial score (nSPS) is 12.9. The van der Waals surface area contributed by atoms with Crippen LogP contribution in [0.1, 0.15) is 25.8 Å². The van der Waals surface area contributed by atoms with Gasteiger partial charge in [0.15, 0.2) is 0 Å². The number of hydrogen-bond acceptors (Lipinski definition) is 0. The second kappa shape index (κ2) is 4.74. The second-order valence-electron chi connectivity index (χ2n) is 3.57. The Morgan fingerprint density at radius 1 is 1.36 bits per heavy atom. The van der Waals surface area contributed by atoms with Crippen LogP contribution in [0.2, 0.25) is 5.02 Å². The van der Waals surface area contributed by atoms with E-state index in [1.165, 1.54) is 0 Å². The molecule has 1 aromatic rings. The van der Waals surface area contributed by atoms with Crippen LogP contribution in [0.5, 0.6) is 0 Å². The molecular weight excluding hydrogens is 206 g/mol. The molecule has 1 rings (SSSR count). The molecule has 0 aliphatic carbocycles. The van der Waals surface area contributed by atoms with Crippen molar-refractivity contribution in [1.29, 1.82) is 0 Å². The van der Waals surface area contributed by atoms with Gasteiger partial charge >= 0.3 is 0 Å². The van der Waals surface area contributed by atoms with Gasteiger partial charge in [-0.25, -0.2) is 8.78 Å². The van der Waals surface area contributed by atoms with Gasteiger partial charge in [0.05, 0.1) is 0 Å². The summed E-state index contributed by atoms with van der Waals surface area (Å²) in [6.45, 7) is 4.04. The minimum atomic E-state index is -0.625. The molecule has 0 N–H and O–H groups in total. The molecule has 0 aliphatic heterocycles. The van der Waals surface area contributed by atoms with E-state index < -0.39 is 11.6 Å². The fraction of sp³-hybridized carbons (Fsp3) is 0.455. The lowest BCUT2D eigenvalue weighted by atomic mass is 9.98. The van der Waals surface area contributed by atoms with E-state index in [9.17, 15) is 8.78 Å². The van der Waals surface area contributed by atoms with E-state index in [-0.39, 0.29) is 5.02 Å². The zero-order valence-corrected chi connectivity index (χ0v) is 9.04. The maximum absolute atomic E-state index is 13.3. The maximum Gasteiger partial charge on any atom is 0.130 e. The Bertz CT molecular complexity index is 300. The van der Waals surface area contributed by atoms with Crippen LogP contribution in [0.4, 0.5) is 8.78 Å². The highest BCUT2D eigenvalue weighted by molar-refractivity contribution is 6.31. The van der Waals surface area contributed by atoms with E-state index >= 15 is 0 Å². The Hall–Kier alpha value is -0.630. The van der Waals surface area contributed by atoms with Gasteiger partial charge in [0, 0.05) is 16.7 Å². The molecular formula is C11H13ClF2. The zero-order valence-electron chi connectivity index (χ0n) is 8.28. The van der Waals surface area contributed by atoms with Crippen molar-refractivity contribution in [2.75, 3.05) is 0 Å². The highest BCUT2D eigenvalue weighted by Gasteiger charge is 2.12. The predicted molar refractivity (Wildman–Crippen MR) is 54.5 cm³/mol. The third-order valence-electron chi connectivity index (χ3n) is 2.36. The molecule has 0 bridgehead atoms. The van der Waals surface area contributed by atoms with Gasteiger partial charge in [0.25, 0.3) is 0 Å². The summed E-state index contributed by atoms with van der Waals surface area (Å²) in [4.78, 5) is 0. The SMILES string of the molecule is CCC(C)Cc1c(F)cc(F)cc1Cl. The number of halogens is 3. The molecule has 1 atom stereocenters. The van der Waals surface area contributed by atoms with Crippen LogP contribution in [0.3, 0.4) is 0 Å². The van der Waals surface area contributed by atoms with Crippen LogP contribution in [0.25, 0.3) is 0 Å². The first-order valence-electron chi connectivity index (χ1n) is 4.68. The molecule has 0 fully saturated rings. The molecule has 0 amide bonds. The summed E-state index contributed by atoms with van der Waals surface area (Å²) in [5, 5.41) is 0.183. The molecule has 0 saturated heterocycles. The standard InChI is InChI=1S/C11H13ClF2/c1-3-7(2)4-9-10(12)5-8(13)6-11(9)14/h5-7H,3-4H2,1-2H3. The second-order valence-corrected chi connectivity index (χ2v) is 3.97. The average Bonchev–Trinajstić information content (AvgIpc) is 2.10. The van der Waals surface area contributed by atoms with Crippen molar-refractivity contribution < 1.29 is 8.78 Å². The molecule has 14 heavy (non-hydrogen) atoms. The highest BCUT2D eigenvalue weighted by atomic mass is 35.5. The van der Waals surface area contributed by atoms with Crippen molar-refractivity contribution >= 4 is 11.6 Å². The first-order valence-corrected chi connectivity index (χ1v) is 5.05. The van der Waals surface area contributed by atoms with Gasteiger partial charge in [-0.15, -0.1) is 0 Å². The van der Waals surface area contributed by atoms with Crippen LogP contribution >= 0.6 is 11.6 Å². The van der Waals surface area contributed by atoms with Gasteiger partial charge in [0.1, 0.15) is 11.6 Å². The molecule has 3 heteroatoms. The average molecular weight is 219 g/mol. The van der Waals surface area contributed by atoms with E-state index in [1.54, 1.807) is 0 Å².